The average molecular weight is 379 g/mol. The van der Waals surface area contributed by atoms with Crippen LogP contribution in [0.5, 0.6) is 0 Å². The number of aryl methyl sites for hydroxylation is 1. The molecule has 0 atom stereocenters. The summed E-state index contributed by atoms with van der Waals surface area (Å²) in [4.78, 5) is 24.7. The lowest BCUT2D eigenvalue weighted by Crippen LogP contribution is -2.12. The molecule has 0 unspecified atom stereocenters. The molecule has 2 aromatic heterocycles. The van der Waals surface area contributed by atoms with E-state index in [2.05, 4.69) is 10.6 Å². The van der Waals surface area contributed by atoms with E-state index in [0.717, 1.165) is 17.4 Å². The molecule has 25 heavy (non-hydrogen) atoms. The molecule has 5 nitrogen and oxygen atoms in total. The van der Waals surface area contributed by atoms with Crippen LogP contribution in [0.1, 0.15) is 25.8 Å². The summed E-state index contributed by atoms with van der Waals surface area (Å²) in [5.74, 6) is -1.34. The number of amides is 2. The fourth-order valence-corrected chi connectivity index (χ4v) is 3.24. The highest BCUT2D eigenvalue weighted by atomic mass is 35.5. The summed E-state index contributed by atoms with van der Waals surface area (Å²) in [6.45, 7) is 1.73. The lowest BCUT2D eigenvalue weighted by Gasteiger charge is -2.06. The summed E-state index contributed by atoms with van der Waals surface area (Å²) in [6.07, 6.45) is 1.40. The van der Waals surface area contributed by atoms with Crippen LogP contribution in [0.3, 0.4) is 0 Å². The van der Waals surface area contributed by atoms with Gasteiger partial charge in [-0.2, -0.15) is 0 Å². The molecule has 8 heteroatoms. The minimum atomic E-state index is -0.624. The second-order valence-electron chi connectivity index (χ2n) is 5.13. The Kier molecular flexibility index (Phi) is 4.87. The molecule has 0 bridgehead atoms. The van der Waals surface area contributed by atoms with Crippen LogP contribution >= 0.6 is 22.9 Å². The first-order chi connectivity index (χ1) is 11.9. The molecule has 0 saturated heterocycles. The number of halogens is 2. The van der Waals surface area contributed by atoms with Gasteiger partial charge in [0, 0.05) is 5.02 Å². The van der Waals surface area contributed by atoms with Crippen molar-refractivity contribution in [1.82, 2.24) is 0 Å². The molecule has 2 heterocycles. The van der Waals surface area contributed by atoms with Crippen molar-refractivity contribution in [2.75, 3.05) is 10.6 Å². The molecule has 128 valence electrons. The summed E-state index contributed by atoms with van der Waals surface area (Å²) < 4.78 is 18.8. The van der Waals surface area contributed by atoms with Crippen LogP contribution in [0.4, 0.5) is 15.1 Å². The first kappa shape index (κ1) is 17.2. The number of rotatable bonds is 4. The van der Waals surface area contributed by atoms with Crippen LogP contribution in [0.25, 0.3) is 0 Å². The predicted molar refractivity (Wildman–Crippen MR) is 95.1 cm³/mol. The van der Waals surface area contributed by atoms with Crippen LogP contribution in [-0.2, 0) is 0 Å². The van der Waals surface area contributed by atoms with Crippen LogP contribution < -0.4 is 10.6 Å². The van der Waals surface area contributed by atoms with E-state index in [9.17, 15) is 14.0 Å². The van der Waals surface area contributed by atoms with Crippen LogP contribution in [0.15, 0.2) is 47.1 Å². The third-order valence-corrected chi connectivity index (χ3v) is 4.67. The molecule has 2 amide bonds. The maximum Gasteiger partial charge on any atom is 0.291 e. The van der Waals surface area contributed by atoms with Gasteiger partial charge in [-0.15, -0.1) is 11.3 Å². The molecule has 0 fully saturated rings. The molecule has 2 N–H and O–H groups in total. The van der Waals surface area contributed by atoms with Crippen molar-refractivity contribution in [3.05, 3.63) is 69.7 Å². The minimum absolute atomic E-state index is 0.0309. The van der Waals surface area contributed by atoms with Gasteiger partial charge in [-0.05, 0) is 48.9 Å². The van der Waals surface area contributed by atoms with E-state index >= 15 is 0 Å². The highest BCUT2D eigenvalue weighted by Crippen LogP contribution is 2.28. The summed E-state index contributed by atoms with van der Waals surface area (Å²) in [6, 6.07) is 8.79. The molecule has 0 saturated carbocycles. The summed E-state index contributed by atoms with van der Waals surface area (Å²) in [5, 5.41) is 5.88. The van der Waals surface area contributed by atoms with Gasteiger partial charge in [-0.3, -0.25) is 9.59 Å². The molecular weight excluding hydrogens is 367 g/mol. The number of carbonyl (C=O) groups excluding carboxylic acids is 2. The van der Waals surface area contributed by atoms with Crippen LogP contribution in [0.2, 0.25) is 5.02 Å². The van der Waals surface area contributed by atoms with Gasteiger partial charge < -0.3 is 15.1 Å². The number of carbonyl (C=O) groups is 2. The zero-order chi connectivity index (χ0) is 18.0. The molecule has 1 aromatic carbocycles. The van der Waals surface area contributed by atoms with Gasteiger partial charge in [-0.1, -0.05) is 11.6 Å². The lowest BCUT2D eigenvalue weighted by atomic mass is 10.2. The molecule has 3 rings (SSSR count). The van der Waals surface area contributed by atoms with E-state index in [1.807, 2.05) is 0 Å². The molecular formula is C17H12ClFN2O3S. The molecule has 3 aromatic rings. The van der Waals surface area contributed by atoms with Crippen molar-refractivity contribution in [2.45, 2.75) is 6.92 Å². The molecule has 0 aliphatic rings. The first-order valence-electron chi connectivity index (χ1n) is 7.16. The van der Waals surface area contributed by atoms with E-state index in [1.165, 1.54) is 24.5 Å². The second kappa shape index (κ2) is 7.08. The monoisotopic (exact) mass is 378 g/mol. The highest BCUT2D eigenvalue weighted by Gasteiger charge is 2.17. The Hall–Kier alpha value is -2.64. The number of nitrogens with one attached hydrogen (secondary N) is 2. The Morgan fingerprint density at radius 2 is 1.96 bits per heavy atom. The van der Waals surface area contributed by atoms with Gasteiger partial charge in [0.2, 0.25) is 0 Å². The summed E-state index contributed by atoms with van der Waals surface area (Å²) in [7, 11) is 0. The molecule has 0 radical (unpaired) electrons. The fourth-order valence-electron chi connectivity index (χ4n) is 2.12. The Balaban J connectivity index is 1.75. The van der Waals surface area contributed by atoms with E-state index in [-0.39, 0.29) is 16.5 Å². The molecule has 0 aliphatic carbocycles. The third kappa shape index (κ3) is 3.89. The van der Waals surface area contributed by atoms with Gasteiger partial charge in [-0.25, -0.2) is 4.39 Å². The first-order valence-corrected chi connectivity index (χ1v) is 8.35. The summed E-state index contributed by atoms with van der Waals surface area (Å²) >= 11 is 6.78. The third-order valence-electron chi connectivity index (χ3n) is 3.29. The number of benzene rings is 1. The molecule has 0 spiro atoms. The van der Waals surface area contributed by atoms with Crippen molar-refractivity contribution in [3.63, 3.8) is 0 Å². The van der Waals surface area contributed by atoms with E-state index < -0.39 is 17.6 Å². The zero-order valence-electron chi connectivity index (χ0n) is 12.9. The Bertz CT molecular complexity index is 938. The van der Waals surface area contributed by atoms with Gasteiger partial charge in [0.15, 0.2) is 5.76 Å². The van der Waals surface area contributed by atoms with Crippen molar-refractivity contribution in [1.29, 1.82) is 0 Å². The van der Waals surface area contributed by atoms with E-state index in [1.54, 1.807) is 19.1 Å². The Labute approximate surface area is 151 Å². The van der Waals surface area contributed by atoms with Crippen molar-refractivity contribution >= 4 is 45.4 Å². The topological polar surface area (TPSA) is 71.3 Å². The largest absolute Gasteiger partial charge is 0.459 e. The van der Waals surface area contributed by atoms with E-state index in [0.29, 0.717) is 15.4 Å². The van der Waals surface area contributed by atoms with Gasteiger partial charge in [0.1, 0.15) is 5.82 Å². The SMILES string of the molecule is Cc1cc(NC(=O)c2ccco2)sc1C(=O)Nc1ccc(Cl)cc1F. The number of anilines is 2. The number of furan rings is 1. The summed E-state index contributed by atoms with van der Waals surface area (Å²) in [5.41, 5.74) is 0.690. The van der Waals surface area contributed by atoms with Crippen molar-refractivity contribution < 1.29 is 18.4 Å². The maximum atomic E-state index is 13.8. The second-order valence-corrected chi connectivity index (χ2v) is 6.62. The highest BCUT2D eigenvalue weighted by molar-refractivity contribution is 7.18. The number of thiophene rings is 1. The van der Waals surface area contributed by atoms with Crippen molar-refractivity contribution in [2.24, 2.45) is 0 Å². The van der Waals surface area contributed by atoms with E-state index in [4.69, 9.17) is 16.0 Å². The zero-order valence-corrected chi connectivity index (χ0v) is 14.5. The smallest absolute Gasteiger partial charge is 0.291 e. The van der Waals surface area contributed by atoms with Gasteiger partial charge >= 0.3 is 0 Å². The number of hydrogen-bond donors (Lipinski definition) is 2. The Morgan fingerprint density at radius 1 is 1.16 bits per heavy atom. The van der Waals surface area contributed by atoms with Crippen LogP contribution in [-0.4, -0.2) is 11.8 Å². The predicted octanol–water partition coefficient (Wildman–Crippen LogP) is 4.95. The number of hydrogen-bond acceptors (Lipinski definition) is 4. The average Bonchev–Trinajstić information content (AvgIpc) is 3.20. The van der Waals surface area contributed by atoms with Crippen LogP contribution in [0, 0.1) is 12.7 Å². The van der Waals surface area contributed by atoms with Gasteiger partial charge in [0.25, 0.3) is 11.8 Å². The lowest BCUT2D eigenvalue weighted by molar-refractivity contribution is 0.0995. The molecule has 0 aliphatic heterocycles. The normalized spacial score (nSPS) is 10.5. The standard InChI is InChI=1S/C17H12ClFN2O3S/c1-9-7-14(21-16(22)13-3-2-6-24-13)25-15(9)17(23)20-12-5-4-10(18)8-11(12)19/h2-8H,1H3,(H,20,23)(H,21,22). The fraction of sp³-hybridized carbons (Fsp3) is 0.0588. The van der Waals surface area contributed by atoms with Gasteiger partial charge in [0.05, 0.1) is 21.8 Å². The quantitative estimate of drug-likeness (QED) is 0.675. The van der Waals surface area contributed by atoms with Crippen molar-refractivity contribution in [3.8, 4) is 0 Å². The minimum Gasteiger partial charge on any atom is -0.459 e. The maximum absolute atomic E-state index is 13.8. The Morgan fingerprint density at radius 3 is 2.64 bits per heavy atom.